The highest BCUT2D eigenvalue weighted by Gasteiger charge is 2.27. The standard InChI is InChI=1S/C26H26N2O2.ClH/c27-25(24(21-7-3-1-4-8-21)22-9-5-2-6-10-22)26(29)28-23-13-11-19(12-14-23)20-15-17-30-18-16-20;/h1-15,24-25H,16-18,27H2,(H,28,29);1H/t25-;/m0./s1. The average molecular weight is 435 g/mol. The molecule has 0 aliphatic carbocycles. The lowest BCUT2D eigenvalue weighted by molar-refractivity contribution is -0.117. The number of hydrogen-bond acceptors (Lipinski definition) is 3. The van der Waals surface area contributed by atoms with Gasteiger partial charge in [0.2, 0.25) is 5.91 Å². The quantitative estimate of drug-likeness (QED) is 0.573. The SMILES string of the molecule is Cl.N[C@H](C(=O)Nc1ccc(C2=CCOCC2)cc1)C(c1ccccc1)c1ccccc1. The highest BCUT2D eigenvalue weighted by Crippen LogP contribution is 2.28. The third kappa shape index (κ3) is 5.61. The fraction of sp³-hybridized carbons (Fsp3) is 0.192. The van der Waals surface area contributed by atoms with E-state index in [1.54, 1.807) is 0 Å². The van der Waals surface area contributed by atoms with E-state index in [4.69, 9.17) is 10.5 Å². The first kappa shape index (κ1) is 22.8. The van der Waals surface area contributed by atoms with Crippen LogP contribution in [0.25, 0.3) is 5.57 Å². The molecule has 160 valence electrons. The summed E-state index contributed by atoms with van der Waals surface area (Å²) in [5, 5.41) is 2.98. The summed E-state index contributed by atoms with van der Waals surface area (Å²) >= 11 is 0. The van der Waals surface area contributed by atoms with Gasteiger partial charge in [-0.3, -0.25) is 4.79 Å². The van der Waals surface area contributed by atoms with Gasteiger partial charge in [0.05, 0.1) is 19.3 Å². The van der Waals surface area contributed by atoms with Gasteiger partial charge in [0.15, 0.2) is 0 Å². The molecule has 0 saturated carbocycles. The van der Waals surface area contributed by atoms with Crippen molar-refractivity contribution in [3.05, 3.63) is 108 Å². The number of nitrogens with two attached hydrogens (primary N) is 1. The highest BCUT2D eigenvalue weighted by atomic mass is 35.5. The summed E-state index contributed by atoms with van der Waals surface area (Å²) in [6.45, 7) is 1.41. The van der Waals surface area contributed by atoms with Gasteiger partial charge in [-0.2, -0.15) is 0 Å². The summed E-state index contributed by atoms with van der Waals surface area (Å²) < 4.78 is 5.37. The molecule has 1 heterocycles. The molecule has 0 aromatic heterocycles. The molecular formula is C26H27ClN2O2. The van der Waals surface area contributed by atoms with Crippen LogP contribution in [0, 0.1) is 0 Å². The molecule has 5 heteroatoms. The van der Waals surface area contributed by atoms with E-state index < -0.39 is 6.04 Å². The van der Waals surface area contributed by atoms with Gasteiger partial charge in [0.25, 0.3) is 0 Å². The smallest absolute Gasteiger partial charge is 0.242 e. The Balaban J connectivity index is 0.00000272. The Bertz CT molecular complexity index is 965. The number of nitrogens with one attached hydrogen (secondary N) is 1. The molecule has 4 nitrogen and oxygen atoms in total. The Morgan fingerprint density at radius 1 is 0.871 bits per heavy atom. The Labute approximate surface area is 189 Å². The van der Waals surface area contributed by atoms with Crippen molar-refractivity contribution in [2.24, 2.45) is 5.73 Å². The molecule has 0 radical (unpaired) electrons. The summed E-state index contributed by atoms with van der Waals surface area (Å²) in [5.41, 5.74) is 11.7. The highest BCUT2D eigenvalue weighted by molar-refractivity contribution is 5.96. The predicted molar refractivity (Wildman–Crippen MR) is 128 cm³/mol. The minimum atomic E-state index is -0.715. The Kier molecular flexibility index (Phi) is 8.01. The van der Waals surface area contributed by atoms with E-state index in [1.165, 1.54) is 5.57 Å². The largest absolute Gasteiger partial charge is 0.377 e. The number of benzene rings is 3. The topological polar surface area (TPSA) is 64.4 Å². The van der Waals surface area contributed by atoms with Crippen LogP contribution < -0.4 is 11.1 Å². The maximum absolute atomic E-state index is 13.0. The summed E-state index contributed by atoms with van der Waals surface area (Å²) in [5.74, 6) is -0.426. The second-order valence-electron chi connectivity index (χ2n) is 7.45. The van der Waals surface area contributed by atoms with Crippen molar-refractivity contribution in [2.75, 3.05) is 18.5 Å². The van der Waals surface area contributed by atoms with E-state index in [9.17, 15) is 4.79 Å². The predicted octanol–water partition coefficient (Wildman–Crippen LogP) is 5.01. The summed E-state index contributed by atoms with van der Waals surface area (Å²) in [6.07, 6.45) is 3.02. The van der Waals surface area contributed by atoms with Gasteiger partial charge in [-0.15, -0.1) is 12.4 Å². The van der Waals surface area contributed by atoms with Crippen molar-refractivity contribution >= 4 is 29.6 Å². The first-order valence-corrected chi connectivity index (χ1v) is 10.3. The van der Waals surface area contributed by atoms with Crippen molar-refractivity contribution in [3.63, 3.8) is 0 Å². The normalized spacial score (nSPS) is 14.3. The van der Waals surface area contributed by atoms with Gasteiger partial charge in [0.1, 0.15) is 0 Å². The Morgan fingerprint density at radius 2 is 1.45 bits per heavy atom. The second-order valence-corrected chi connectivity index (χ2v) is 7.45. The molecule has 0 saturated heterocycles. The molecule has 0 spiro atoms. The van der Waals surface area contributed by atoms with E-state index in [0.717, 1.165) is 35.4 Å². The van der Waals surface area contributed by atoms with E-state index >= 15 is 0 Å². The van der Waals surface area contributed by atoms with Gasteiger partial charge in [-0.1, -0.05) is 78.9 Å². The molecule has 3 aromatic carbocycles. The molecule has 31 heavy (non-hydrogen) atoms. The molecule has 1 atom stereocenters. The Morgan fingerprint density at radius 3 is 1.97 bits per heavy atom. The zero-order valence-corrected chi connectivity index (χ0v) is 18.1. The third-order valence-electron chi connectivity index (χ3n) is 5.47. The zero-order chi connectivity index (χ0) is 20.8. The zero-order valence-electron chi connectivity index (χ0n) is 17.2. The van der Waals surface area contributed by atoms with Crippen LogP contribution in [0.3, 0.4) is 0 Å². The van der Waals surface area contributed by atoms with Crippen molar-refractivity contribution in [1.82, 2.24) is 0 Å². The van der Waals surface area contributed by atoms with Crippen LogP contribution in [0.2, 0.25) is 0 Å². The Hall–Kier alpha value is -2.92. The molecule has 1 amide bonds. The number of ether oxygens (including phenoxy) is 1. The maximum Gasteiger partial charge on any atom is 0.242 e. The van der Waals surface area contributed by atoms with Crippen LogP contribution >= 0.6 is 12.4 Å². The first-order valence-electron chi connectivity index (χ1n) is 10.3. The third-order valence-corrected chi connectivity index (χ3v) is 5.47. The molecule has 3 aromatic rings. The fourth-order valence-corrected chi connectivity index (χ4v) is 3.86. The molecule has 1 aliphatic heterocycles. The first-order chi connectivity index (χ1) is 14.7. The van der Waals surface area contributed by atoms with Crippen molar-refractivity contribution in [3.8, 4) is 0 Å². The molecule has 0 bridgehead atoms. The van der Waals surface area contributed by atoms with Gasteiger partial charge in [-0.05, 0) is 40.8 Å². The van der Waals surface area contributed by atoms with Crippen LogP contribution in [-0.4, -0.2) is 25.2 Å². The number of anilines is 1. The van der Waals surface area contributed by atoms with E-state index in [-0.39, 0.29) is 24.2 Å². The van der Waals surface area contributed by atoms with Crippen LogP contribution in [0.5, 0.6) is 0 Å². The molecule has 3 N–H and O–H groups in total. The lowest BCUT2D eigenvalue weighted by atomic mass is 9.85. The van der Waals surface area contributed by atoms with E-state index in [1.807, 2.05) is 84.9 Å². The number of rotatable bonds is 6. The lowest BCUT2D eigenvalue weighted by Crippen LogP contribution is -2.41. The average Bonchev–Trinajstić information content (AvgIpc) is 2.82. The number of amides is 1. The number of hydrogen-bond donors (Lipinski definition) is 2. The summed E-state index contributed by atoms with van der Waals surface area (Å²) in [6, 6.07) is 27.1. The minimum Gasteiger partial charge on any atom is -0.377 e. The van der Waals surface area contributed by atoms with Crippen molar-refractivity contribution in [1.29, 1.82) is 0 Å². The lowest BCUT2D eigenvalue weighted by Gasteiger charge is -2.24. The van der Waals surface area contributed by atoms with Crippen LogP contribution in [-0.2, 0) is 9.53 Å². The van der Waals surface area contributed by atoms with Gasteiger partial charge >= 0.3 is 0 Å². The molecule has 0 unspecified atom stereocenters. The van der Waals surface area contributed by atoms with Crippen LogP contribution in [0.4, 0.5) is 5.69 Å². The minimum absolute atomic E-state index is 0. The monoisotopic (exact) mass is 434 g/mol. The molecule has 1 aliphatic rings. The van der Waals surface area contributed by atoms with Crippen molar-refractivity contribution < 1.29 is 9.53 Å². The molecule has 0 fully saturated rings. The van der Waals surface area contributed by atoms with E-state index in [2.05, 4.69) is 11.4 Å². The van der Waals surface area contributed by atoms with Gasteiger partial charge in [0, 0.05) is 11.6 Å². The summed E-state index contributed by atoms with van der Waals surface area (Å²) in [4.78, 5) is 13.0. The van der Waals surface area contributed by atoms with Gasteiger partial charge < -0.3 is 15.8 Å². The number of halogens is 1. The number of carbonyl (C=O) groups is 1. The van der Waals surface area contributed by atoms with E-state index in [0.29, 0.717) is 6.61 Å². The van der Waals surface area contributed by atoms with Crippen LogP contribution in [0.15, 0.2) is 91.0 Å². The summed E-state index contributed by atoms with van der Waals surface area (Å²) in [7, 11) is 0. The second kappa shape index (κ2) is 10.9. The number of carbonyl (C=O) groups excluding carboxylic acids is 1. The fourth-order valence-electron chi connectivity index (χ4n) is 3.86. The van der Waals surface area contributed by atoms with Crippen LogP contribution in [0.1, 0.15) is 29.0 Å². The maximum atomic E-state index is 13.0. The van der Waals surface area contributed by atoms with Crippen molar-refractivity contribution in [2.45, 2.75) is 18.4 Å². The molecule has 4 rings (SSSR count). The molecular weight excluding hydrogens is 408 g/mol. The van der Waals surface area contributed by atoms with Gasteiger partial charge in [-0.25, -0.2) is 0 Å².